The third-order valence-corrected chi connectivity index (χ3v) is 6.78. The van der Waals surface area contributed by atoms with Crippen LogP contribution in [0.5, 0.6) is 5.75 Å². The van der Waals surface area contributed by atoms with Crippen molar-refractivity contribution in [1.29, 1.82) is 0 Å². The number of methoxy groups -OCH3 is 1. The molecule has 0 spiro atoms. The number of amides is 1. The number of nitrogens with one attached hydrogen (secondary N) is 3. The van der Waals surface area contributed by atoms with Crippen LogP contribution in [0.4, 0.5) is 5.69 Å². The van der Waals surface area contributed by atoms with Crippen LogP contribution in [-0.2, 0) is 14.8 Å². The van der Waals surface area contributed by atoms with Gasteiger partial charge in [-0.15, -0.1) is 0 Å². The highest BCUT2D eigenvalue weighted by molar-refractivity contribution is 7.89. The summed E-state index contributed by atoms with van der Waals surface area (Å²) in [6.07, 6.45) is 0.985. The van der Waals surface area contributed by atoms with E-state index in [1.54, 1.807) is 24.3 Å². The first-order valence-electron chi connectivity index (χ1n) is 9.00. The van der Waals surface area contributed by atoms with E-state index in [0.717, 1.165) is 4.31 Å². The highest BCUT2D eigenvalue weighted by Crippen LogP contribution is 2.25. The summed E-state index contributed by atoms with van der Waals surface area (Å²) in [5, 5.41) is 2.77. The monoisotopic (exact) mass is 422 g/mol. The smallest absolute Gasteiger partial charge is 0.325 e. The molecule has 11 heteroatoms. The van der Waals surface area contributed by atoms with E-state index in [0.29, 0.717) is 24.3 Å². The number of rotatable bonds is 5. The van der Waals surface area contributed by atoms with Crippen LogP contribution in [0.2, 0.25) is 0 Å². The predicted molar refractivity (Wildman–Crippen MR) is 106 cm³/mol. The number of hydrogen-bond donors (Lipinski definition) is 3. The minimum atomic E-state index is -4.17. The largest absolute Gasteiger partial charge is 0.497 e. The fourth-order valence-corrected chi connectivity index (χ4v) is 5.08. The zero-order valence-corrected chi connectivity index (χ0v) is 16.8. The molecule has 0 bridgehead atoms. The van der Waals surface area contributed by atoms with E-state index in [2.05, 4.69) is 10.3 Å². The molecule has 0 radical (unpaired) electrons. The fourth-order valence-electron chi connectivity index (χ4n) is 3.35. The first-order chi connectivity index (χ1) is 13.7. The maximum atomic E-state index is 13.0. The molecule has 1 fully saturated rings. The maximum Gasteiger partial charge on any atom is 0.325 e. The second-order valence-corrected chi connectivity index (χ2v) is 8.66. The van der Waals surface area contributed by atoms with Gasteiger partial charge in [0.05, 0.1) is 13.0 Å². The van der Waals surface area contributed by atoms with Crippen LogP contribution < -0.4 is 21.3 Å². The van der Waals surface area contributed by atoms with Crippen molar-refractivity contribution in [2.75, 3.05) is 25.5 Å². The van der Waals surface area contributed by atoms with Gasteiger partial charge in [0, 0.05) is 30.5 Å². The van der Waals surface area contributed by atoms with Crippen LogP contribution in [0.1, 0.15) is 18.5 Å². The normalized spacial score (nSPS) is 17.7. The number of aromatic nitrogens is 2. The molecule has 1 aromatic heterocycles. The number of aromatic amines is 2. The Balaban J connectivity index is 1.80. The molecule has 2 heterocycles. The lowest BCUT2D eigenvalue weighted by atomic mass is 9.98. The SMILES string of the molecule is COc1cccc(NC(=O)[C@H]2CCCN(S(=O)(=O)c3c(C)[nH]c(=O)[nH]c3=O)C2)c1. The van der Waals surface area contributed by atoms with Crippen LogP contribution in [0.25, 0.3) is 0 Å². The zero-order valence-electron chi connectivity index (χ0n) is 16.0. The number of carbonyl (C=O) groups is 1. The lowest BCUT2D eigenvalue weighted by Gasteiger charge is -2.31. The maximum absolute atomic E-state index is 13.0. The number of aryl methyl sites for hydroxylation is 1. The van der Waals surface area contributed by atoms with Gasteiger partial charge in [-0.1, -0.05) is 6.07 Å². The molecular formula is C18H22N4O6S. The van der Waals surface area contributed by atoms with Crippen molar-refractivity contribution in [3.8, 4) is 5.75 Å². The lowest BCUT2D eigenvalue weighted by molar-refractivity contribution is -0.120. The van der Waals surface area contributed by atoms with Crippen LogP contribution in [0.3, 0.4) is 0 Å². The molecule has 3 N–H and O–H groups in total. The molecule has 3 rings (SSSR count). The number of H-pyrrole nitrogens is 2. The molecule has 10 nitrogen and oxygen atoms in total. The Bertz CT molecular complexity index is 1140. The second kappa shape index (κ2) is 8.21. The van der Waals surface area contributed by atoms with E-state index >= 15 is 0 Å². The Kier molecular flexibility index (Phi) is 5.89. The topological polar surface area (TPSA) is 141 Å². The summed E-state index contributed by atoms with van der Waals surface area (Å²) in [5.74, 6) is -0.305. The first-order valence-corrected chi connectivity index (χ1v) is 10.4. The second-order valence-electron chi connectivity index (χ2n) is 6.79. The van der Waals surface area contributed by atoms with Gasteiger partial charge < -0.3 is 15.0 Å². The van der Waals surface area contributed by atoms with Crippen LogP contribution >= 0.6 is 0 Å². The van der Waals surface area contributed by atoms with Gasteiger partial charge >= 0.3 is 5.69 Å². The summed E-state index contributed by atoms with van der Waals surface area (Å²) < 4.78 is 32.2. The Morgan fingerprint density at radius 3 is 2.72 bits per heavy atom. The highest BCUT2D eigenvalue weighted by atomic mass is 32.2. The average Bonchev–Trinajstić information content (AvgIpc) is 2.67. The quantitative estimate of drug-likeness (QED) is 0.638. The molecule has 1 atom stereocenters. The molecule has 0 saturated carbocycles. The van der Waals surface area contributed by atoms with E-state index in [-0.39, 0.29) is 24.7 Å². The van der Waals surface area contributed by atoms with Crippen molar-refractivity contribution < 1.29 is 17.9 Å². The number of anilines is 1. The van der Waals surface area contributed by atoms with E-state index in [9.17, 15) is 22.8 Å². The number of sulfonamides is 1. The van der Waals surface area contributed by atoms with Gasteiger partial charge in [-0.05, 0) is 31.9 Å². The van der Waals surface area contributed by atoms with Crippen LogP contribution in [-0.4, -0.2) is 48.8 Å². The summed E-state index contributed by atoms with van der Waals surface area (Å²) in [4.78, 5) is 39.8. The molecule has 1 aromatic carbocycles. The summed E-state index contributed by atoms with van der Waals surface area (Å²) >= 11 is 0. The van der Waals surface area contributed by atoms with Crippen LogP contribution in [0.15, 0.2) is 38.8 Å². The number of benzene rings is 1. The fraction of sp³-hybridized carbons (Fsp3) is 0.389. The van der Waals surface area contributed by atoms with E-state index in [1.165, 1.54) is 14.0 Å². The summed E-state index contributed by atoms with van der Waals surface area (Å²) in [7, 11) is -2.65. The van der Waals surface area contributed by atoms with Gasteiger partial charge in [0.2, 0.25) is 15.9 Å². The van der Waals surface area contributed by atoms with Gasteiger partial charge in [0.1, 0.15) is 5.75 Å². The Morgan fingerprint density at radius 2 is 2.03 bits per heavy atom. The molecule has 0 unspecified atom stereocenters. The van der Waals surface area contributed by atoms with Crippen molar-refractivity contribution in [3.63, 3.8) is 0 Å². The molecule has 156 valence electrons. The highest BCUT2D eigenvalue weighted by Gasteiger charge is 2.35. The number of hydrogen-bond acceptors (Lipinski definition) is 6. The first kappa shape index (κ1) is 20.8. The van der Waals surface area contributed by atoms with E-state index < -0.39 is 32.1 Å². The third kappa shape index (κ3) is 4.40. The van der Waals surface area contributed by atoms with E-state index in [4.69, 9.17) is 4.74 Å². The molecular weight excluding hydrogens is 400 g/mol. The summed E-state index contributed by atoms with van der Waals surface area (Å²) in [6, 6.07) is 6.85. The number of piperidine rings is 1. The molecule has 0 aliphatic carbocycles. The lowest BCUT2D eigenvalue weighted by Crippen LogP contribution is -2.45. The van der Waals surface area contributed by atoms with Gasteiger partial charge in [0.25, 0.3) is 5.56 Å². The molecule has 1 saturated heterocycles. The zero-order chi connectivity index (χ0) is 21.2. The van der Waals surface area contributed by atoms with Crippen molar-refractivity contribution in [2.24, 2.45) is 5.92 Å². The molecule has 2 aromatic rings. The minimum Gasteiger partial charge on any atom is -0.497 e. The van der Waals surface area contributed by atoms with Gasteiger partial charge in [-0.25, -0.2) is 13.2 Å². The average molecular weight is 422 g/mol. The van der Waals surface area contributed by atoms with Crippen LogP contribution in [0, 0.1) is 12.8 Å². The Labute approximate surface area is 167 Å². The number of carbonyl (C=O) groups excluding carboxylic acids is 1. The number of ether oxygens (including phenoxy) is 1. The van der Waals surface area contributed by atoms with Gasteiger partial charge in [0.15, 0.2) is 4.90 Å². The molecule has 1 aliphatic heterocycles. The van der Waals surface area contributed by atoms with E-state index in [1.807, 2.05) is 4.98 Å². The number of nitrogens with zero attached hydrogens (tertiary/aromatic N) is 1. The Hall–Kier alpha value is -2.92. The molecule has 1 amide bonds. The van der Waals surface area contributed by atoms with Crippen molar-refractivity contribution in [1.82, 2.24) is 14.3 Å². The van der Waals surface area contributed by atoms with Crippen molar-refractivity contribution >= 4 is 21.6 Å². The standard InChI is InChI=1S/C18H22N4O6S/c1-11-15(17(24)21-18(25)19-11)29(26,27)22-8-4-5-12(10-22)16(23)20-13-6-3-7-14(9-13)28-2/h3,6-7,9,12H,4-5,8,10H2,1-2H3,(H,20,23)(H2,19,21,24,25)/t12-/m0/s1. The van der Waals surface area contributed by atoms with Gasteiger partial charge in [-0.2, -0.15) is 4.31 Å². The molecule has 29 heavy (non-hydrogen) atoms. The molecule has 1 aliphatic rings. The van der Waals surface area contributed by atoms with Gasteiger partial charge in [-0.3, -0.25) is 14.6 Å². The van der Waals surface area contributed by atoms with Crippen molar-refractivity contribution in [3.05, 3.63) is 50.8 Å². The Morgan fingerprint density at radius 1 is 1.28 bits per heavy atom. The van der Waals surface area contributed by atoms with Crippen molar-refractivity contribution in [2.45, 2.75) is 24.7 Å². The minimum absolute atomic E-state index is 0.0401. The third-order valence-electron chi connectivity index (χ3n) is 4.76. The summed E-state index contributed by atoms with van der Waals surface area (Å²) in [6.45, 7) is 1.47. The summed E-state index contributed by atoms with van der Waals surface area (Å²) in [5.41, 5.74) is -1.25. The predicted octanol–water partition coefficient (Wildman–Crippen LogP) is 0.420.